The summed E-state index contributed by atoms with van der Waals surface area (Å²) in [6.07, 6.45) is 46.8. The fourth-order valence-electron chi connectivity index (χ4n) is 7.76. The second kappa shape index (κ2) is 44.0. The molecular weight excluding hydrogens is 861 g/mol. The molecule has 1 heterocycles. The zero-order valence-corrected chi connectivity index (χ0v) is 42.1. The van der Waals surface area contributed by atoms with Crippen molar-refractivity contribution in [2.24, 2.45) is 0 Å². The van der Waals surface area contributed by atoms with E-state index in [4.69, 9.17) is 18.9 Å². The number of unbranched alkanes of at least 4 members (excludes halogenated alkanes) is 22. The first-order chi connectivity index (χ1) is 32.1. The van der Waals surface area contributed by atoms with E-state index < -0.39 is 59.8 Å². The van der Waals surface area contributed by atoms with Gasteiger partial charge in [0.15, 0.2) is 6.29 Å². The zero-order chi connectivity index (χ0) is 48.2. The molecule has 13 heteroatoms. The Bertz CT molecular complexity index is 1380. The molecule has 0 spiro atoms. The number of carbonyl (C=O) groups is 1. The number of carbonyl (C=O) groups excluding carboxylic acids is 1. The SMILES string of the molecule is CC/C=C\C/C=C\C/C=C\C/C=C\C/C=C\CCCCCC(=O)OC(COCCCCCCCCCCCCCCCCCCCCCC)COC1OC(CO)C(O)C(OS(=O)(=O)O)C1O. The number of hydrogen-bond acceptors (Lipinski definition) is 11. The van der Waals surface area contributed by atoms with Gasteiger partial charge in [0.2, 0.25) is 0 Å². The van der Waals surface area contributed by atoms with Crippen molar-refractivity contribution >= 4 is 16.4 Å². The molecule has 1 rings (SSSR count). The van der Waals surface area contributed by atoms with Crippen LogP contribution >= 0.6 is 0 Å². The van der Waals surface area contributed by atoms with E-state index in [9.17, 15) is 33.1 Å². The first kappa shape index (κ1) is 61.8. The number of allylic oxidation sites excluding steroid dienone is 10. The van der Waals surface area contributed by atoms with E-state index in [-0.39, 0.29) is 19.6 Å². The quantitative estimate of drug-likeness (QED) is 0.0197. The summed E-state index contributed by atoms with van der Waals surface area (Å²) >= 11 is 0. The molecule has 6 atom stereocenters. The van der Waals surface area contributed by atoms with Crippen molar-refractivity contribution in [3.8, 4) is 0 Å². The Balaban J connectivity index is 2.38. The third-order valence-corrected chi connectivity index (χ3v) is 12.1. The Kier molecular flexibility index (Phi) is 41.2. The molecule has 6 unspecified atom stereocenters. The summed E-state index contributed by atoms with van der Waals surface area (Å²) in [7, 11) is -5.07. The van der Waals surface area contributed by atoms with Gasteiger partial charge >= 0.3 is 16.4 Å². The minimum absolute atomic E-state index is 0.0226. The van der Waals surface area contributed by atoms with Crippen molar-refractivity contribution in [1.29, 1.82) is 0 Å². The summed E-state index contributed by atoms with van der Waals surface area (Å²) in [6.45, 7) is 3.86. The smallest absolute Gasteiger partial charge is 0.397 e. The van der Waals surface area contributed by atoms with E-state index >= 15 is 0 Å². The monoisotopic (exact) mass is 955 g/mol. The Morgan fingerprint density at radius 1 is 0.591 bits per heavy atom. The van der Waals surface area contributed by atoms with Gasteiger partial charge < -0.3 is 34.3 Å². The molecule has 0 saturated carbocycles. The summed E-state index contributed by atoms with van der Waals surface area (Å²) in [5, 5.41) is 30.8. The third kappa shape index (κ3) is 36.8. The van der Waals surface area contributed by atoms with Crippen LogP contribution in [0.1, 0.15) is 206 Å². The second-order valence-electron chi connectivity index (χ2n) is 17.7. The minimum atomic E-state index is -5.07. The van der Waals surface area contributed by atoms with Crippen LogP contribution in [0, 0.1) is 0 Å². The summed E-state index contributed by atoms with van der Waals surface area (Å²) in [5.41, 5.74) is 0. The van der Waals surface area contributed by atoms with E-state index in [0.29, 0.717) is 13.0 Å². The summed E-state index contributed by atoms with van der Waals surface area (Å²) in [4.78, 5) is 12.9. The molecule has 1 aliphatic rings. The van der Waals surface area contributed by atoms with E-state index in [2.05, 4.69) is 78.8 Å². The number of aliphatic hydroxyl groups is 3. The van der Waals surface area contributed by atoms with E-state index in [1.54, 1.807) is 0 Å². The van der Waals surface area contributed by atoms with Crippen LogP contribution in [0.15, 0.2) is 60.8 Å². The highest BCUT2D eigenvalue weighted by Gasteiger charge is 2.48. The van der Waals surface area contributed by atoms with Crippen LogP contribution in [0.4, 0.5) is 0 Å². The Morgan fingerprint density at radius 2 is 1.05 bits per heavy atom. The van der Waals surface area contributed by atoms with Crippen molar-refractivity contribution in [1.82, 2.24) is 0 Å². The van der Waals surface area contributed by atoms with E-state index in [0.717, 1.165) is 70.6 Å². The van der Waals surface area contributed by atoms with Crippen LogP contribution in [0.5, 0.6) is 0 Å². The molecule has 0 aromatic rings. The first-order valence-corrected chi connectivity index (χ1v) is 27.4. The van der Waals surface area contributed by atoms with Crippen LogP contribution in [0.3, 0.4) is 0 Å². The largest absolute Gasteiger partial charge is 0.457 e. The van der Waals surface area contributed by atoms with Gasteiger partial charge in [-0.25, -0.2) is 4.18 Å². The Morgan fingerprint density at radius 3 is 1.52 bits per heavy atom. The van der Waals surface area contributed by atoms with E-state index in [1.165, 1.54) is 109 Å². The highest BCUT2D eigenvalue weighted by Crippen LogP contribution is 2.26. The minimum Gasteiger partial charge on any atom is -0.457 e. The third-order valence-electron chi connectivity index (χ3n) is 11.7. The molecule has 0 amide bonds. The van der Waals surface area contributed by atoms with Gasteiger partial charge in [-0.15, -0.1) is 0 Å². The maximum Gasteiger partial charge on any atom is 0.397 e. The molecule has 0 aromatic carbocycles. The number of aliphatic hydroxyl groups excluding tert-OH is 3. The maximum atomic E-state index is 12.9. The fraction of sp³-hybridized carbons (Fsp3) is 0.792. The molecule has 1 fully saturated rings. The molecule has 384 valence electrons. The lowest BCUT2D eigenvalue weighted by Gasteiger charge is -2.41. The van der Waals surface area contributed by atoms with Crippen LogP contribution in [0.2, 0.25) is 0 Å². The highest BCUT2D eigenvalue weighted by molar-refractivity contribution is 7.80. The van der Waals surface area contributed by atoms with Crippen molar-refractivity contribution in [2.75, 3.05) is 26.4 Å². The maximum absolute atomic E-state index is 12.9. The molecule has 0 aromatic heterocycles. The molecule has 0 bridgehead atoms. The topological polar surface area (TPSA) is 178 Å². The van der Waals surface area contributed by atoms with Gasteiger partial charge in [0.05, 0.1) is 19.8 Å². The van der Waals surface area contributed by atoms with Gasteiger partial charge in [0.1, 0.15) is 30.5 Å². The normalized spacial score (nSPS) is 20.0. The predicted octanol–water partition coefficient (Wildman–Crippen LogP) is 12.1. The average molecular weight is 955 g/mol. The van der Waals surface area contributed by atoms with Crippen molar-refractivity contribution in [3.05, 3.63) is 60.8 Å². The summed E-state index contributed by atoms with van der Waals surface area (Å²) in [5.74, 6) is -0.428. The van der Waals surface area contributed by atoms with Gasteiger partial charge in [-0.2, -0.15) is 8.42 Å². The number of hydrogen-bond donors (Lipinski definition) is 4. The molecule has 1 aliphatic heterocycles. The van der Waals surface area contributed by atoms with Crippen LogP contribution in [-0.2, 0) is 38.3 Å². The van der Waals surface area contributed by atoms with Crippen LogP contribution in [-0.4, -0.2) is 97.5 Å². The number of ether oxygens (including phenoxy) is 4. The zero-order valence-electron chi connectivity index (χ0n) is 41.2. The van der Waals surface area contributed by atoms with Gasteiger partial charge in [-0.3, -0.25) is 9.35 Å². The lowest BCUT2D eigenvalue weighted by molar-refractivity contribution is -0.301. The Hall–Kier alpha value is -2.20. The molecule has 0 radical (unpaired) electrons. The molecule has 1 saturated heterocycles. The van der Waals surface area contributed by atoms with Crippen LogP contribution < -0.4 is 0 Å². The van der Waals surface area contributed by atoms with Crippen molar-refractivity contribution < 1.29 is 56.2 Å². The van der Waals surface area contributed by atoms with Crippen molar-refractivity contribution in [3.63, 3.8) is 0 Å². The van der Waals surface area contributed by atoms with Crippen molar-refractivity contribution in [2.45, 2.75) is 243 Å². The molecule has 0 aliphatic carbocycles. The number of rotatable bonds is 45. The fourth-order valence-corrected chi connectivity index (χ4v) is 8.27. The van der Waals surface area contributed by atoms with Gasteiger partial charge in [-0.1, -0.05) is 203 Å². The highest BCUT2D eigenvalue weighted by atomic mass is 32.3. The second-order valence-corrected chi connectivity index (χ2v) is 18.8. The van der Waals surface area contributed by atoms with Crippen LogP contribution in [0.25, 0.3) is 0 Å². The molecule has 66 heavy (non-hydrogen) atoms. The Labute approximate surface area is 401 Å². The predicted molar refractivity (Wildman–Crippen MR) is 266 cm³/mol. The van der Waals surface area contributed by atoms with Gasteiger partial charge in [0, 0.05) is 13.0 Å². The molecule has 4 N–H and O–H groups in total. The first-order valence-electron chi connectivity index (χ1n) is 26.0. The van der Waals surface area contributed by atoms with Gasteiger partial charge in [-0.05, 0) is 57.8 Å². The summed E-state index contributed by atoms with van der Waals surface area (Å²) in [6, 6.07) is 0. The standard InChI is InChI=1S/C53H94O12S/c1-3-5-7-9-11-13-15-17-19-21-23-25-27-29-31-33-35-37-39-41-43-61-45-47(46-62-53-51(57)52(65-66(58,59)60)50(56)48(44-54)64-53)63-49(55)42-40-38-36-34-32-30-28-26-24-22-20-18-16-14-12-10-8-6-4-2/h6,8,12,14,18,20,24,26,30,32,47-48,50-54,56-57H,3-5,7,9-11,13,15-17,19,21-23,25,27-29,31,33-46H2,1-2H3,(H,58,59,60)/b8-6-,14-12-,20-18-,26-24-,32-30-. The lowest BCUT2D eigenvalue weighted by Crippen LogP contribution is -2.60. The molecular formula is C53H94O12S. The van der Waals surface area contributed by atoms with E-state index in [1.807, 2.05) is 0 Å². The lowest BCUT2D eigenvalue weighted by atomic mass is 9.99. The van der Waals surface area contributed by atoms with Gasteiger partial charge in [0.25, 0.3) is 0 Å². The summed E-state index contributed by atoms with van der Waals surface area (Å²) < 4.78 is 59.2. The molecule has 12 nitrogen and oxygen atoms in total. The number of esters is 1. The average Bonchev–Trinajstić information content (AvgIpc) is 3.29.